The number of hydrogen-bond acceptors (Lipinski definition) is 3. The average Bonchev–Trinajstić information content (AvgIpc) is 2.91. The predicted molar refractivity (Wildman–Crippen MR) is 144 cm³/mol. The second kappa shape index (κ2) is 12.0. The second-order valence-corrected chi connectivity index (χ2v) is 8.92. The first kappa shape index (κ1) is 24.9. The number of benzene rings is 4. The van der Waals surface area contributed by atoms with Crippen LogP contribution in [0.2, 0.25) is 0 Å². The highest BCUT2D eigenvalue weighted by Crippen LogP contribution is 2.29. The van der Waals surface area contributed by atoms with E-state index in [1.165, 1.54) is 16.3 Å². The Bertz CT molecular complexity index is 1260. The summed E-state index contributed by atoms with van der Waals surface area (Å²) in [6, 6.07) is 32.9. The van der Waals surface area contributed by atoms with Crippen LogP contribution in [-0.4, -0.2) is 25.1 Å². The van der Waals surface area contributed by atoms with E-state index in [0.29, 0.717) is 18.7 Å². The van der Waals surface area contributed by atoms with Crippen molar-refractivity contribution in [1.29, 1.82) is 0 Å². The Labute approximate surface area is 213 Å². The maximum Gasteiger partial charge on any atom is 0.251 e. The van der Waals surface area contributed by atoms with Crippen molar-refractivity contribution >= 4 is 29.1 Å². The summed E-state index contributed by atoms with van der Waals surface area (Å²) in [6.45, 7) is 2.85. The quantitative estimate of drug-likeness (QED) is 0.344. The lowest BCUT2D eigenvalue weighted by atomic mass is 9.87. The predicted octanol–water partition coefficient (Wildman–Crippen LogP) is 5.85. The van der Waals surface area contributed by atoms with Gasteiger partial charge in [0.2, 0.25) is 0 Å². The van der Waals surface area contributed by atoms with E-state index in [4.69, 9.17) is 4.74 Å². The molecule has 1 aliphatic heterocycles. The summed E-state index contributed by atoms with van der Waals surface area (Å²) >= 11 is 0. The molecule has 2 atom stereocenters. The standard InChI is InChI=1S/C30H30N2O2.ClH/c33-30(32-19-22-7-2-1-3-8-22)27-12-6-11-26(18-27)28-15-16-31-20-29(28)34-21-23-13-14-24-9-4-5-10-25(24)17-23;/h1-14,17-18,28-29,31H,15-16,19-21H2,(H,32,33);1H. The fraction of sp³-hybridized carbons (Fsp3) is 0.233. The zero-order valence-corrected chi connectivity index (χ0v) is 20.5. The molecule has 0 radical (unpaired) electrons. The van der Waals surface area contributed by atoms with Crippen molar-refractivity contribution in [3.63, 3.8) is 0 Å². The SMILES string of the molecule is Cl.O=C(NCc1ccccc1)c1cccc(C2CCNCC2OCc2ccc3ccccc3c2)c1. The third-order valence-electron chi connectivity index (χ3n) is 6.58. The molecule has 35 heavy (non-hydrogen) atoms. The highest BCUT2D eigenvalue weighted by Gasteiger charge is 2.27. The van der Waals surface area contributed by atoms with E-state index in [2.05, 4.69) is 59.2 Å². The molecule has 1 aliphatic rings. The topological polar surface area (TPSA) is 50.4 Å². The number of ether oxygens (including phenoxy) is 1. The molecule has 5 rings (SSSR count). The molecule has 4 aromatic carbocycles. The van der Waals surface area contributed by atoms with Crippen molar-refractivity contribution in [3.05, 3.63) is 119 Å². The smallest absolute Gasteiger partial charge is 0.251 e. The summed E-state index contributed by atoms with van der Waals surface area (Å²) in [5.41, 5.74) is 4.13. The molecule has 5 heteroatoms. The van der Waals surface area contributed by atoms with Crippen LogP contribution in [0.15, 0.2) is 97.1 Å². The molecule has 0 aromatic heterocycles. The van der Waals surface area contributed by atoms with Crippen LogP contribution in [0.1, 0.15) is 39.4 Å². The summed E-state index contributed by atoms with van der Waals surface area (Å²) < 4.78 is 6.43. The van der Waals surface area contributed by atoms with Crippen molar-refractivity contribution in [2.24, 2.45) is 0 Å². The number of amides is 1. The highest BCUT2D eigenvalue weighted by molar-refractivity contribution is 5.94. The Morgan fingerprint density at radius 1 is 0.857 bits per heavy atom. The van der Waals surface area contributed by atoms with Gasteiger partial charge >= 0.3 is 0 Å². The van der Waals surface area contributed by atoms with E-state index in [1.54, 1.807) is 0 Å². The minimum absolute atomic E-state index is 0. The summed E-state index contributed by atoms with van der Waals surface area (Å²) in [6.07, 6.45) is 1.04. The van der Waals surface area contributed by atoms with E-state index >= 15 is 0 Å². The molecule has 2 N–H and O–H groups in total. The minimum atomic E-state index is -0.0479. The Kier molecular flexibility index (Phi) is 8.54. The molecule has 1 saturated heterocycles. The Balaban J connectivity index is 0.00000289. The number of fused-ring (bicyclic) bond motifs is 1. The zero-order chi connectivity index (χ0) is 23.2. The first-order valence-electron chi connectivity index (χ1n) is 12.0. The first-order valence-corrected chi connectivity index (χ1v) is 12.0. The molecule has 4 nitrogen and oxygen atoms in total. The number of halogens is 1. The third kappa shape index (κ3) is 6.29. The fourth-order valence-electron chi connectivity index (χ4n) is 4.71. The van der Waals surface area contributed by atoms with Crippen LogP contribution in [0, 0.1) is 0 Å². The van der Waals surface area contributed by atoms with Crippen molar-refractivity contribution in [2.75, 3.05) is 13.1 Å². The van der Waals surface area contributed by atoms with Crippen molar-refractivity contribution in [3.8, 4) is 0 Å². The second-order valence-electron chi connectivity index (χ2n) is 8.92. The highest BCUT2D eigenvalue weighted by atomic mass is 35.5. The largest absolute Gasteiger partial charge is 0.372 e. The summed E-state index contributed by atoms with van der Waals surface area (Å²) in [4.78, 5) is 12.8. The van der Waals surface area contributed by atoms with Gasteiger partial charge in [0.1, 0.15) is 0 Å². The minimum Gasteiger partial charge on any atom is -0.372 e. The Hall–Kier alpha value is -3.18. The number of piperidine rings is 1. The summed E-state index contributed by atoms with van der Waals surface area (Å²) in [5, 5.41) is 8.98. The summed E-state index contributed by atoms with van der Waals surface area (Å²) in [5.74, 6) is 0.205. The maximum atomic E-state index is 12.8. The van der Waals surface area contributed by atoms with Gasteiger partial charge in [-0.05, 0) is 58.6 Å². The van der Waals surface area contributed by atoms with Crippen LogP contribution in [0.5, 0.6) is 0 Å². The van der Waals surface area contributed by atoms with E-state index < -0.39 is 0 Å². The molecular formula is C30H31ClN2O2. The molecule has 0 bridgehead atoms. The lowest BCUT2D eigenvalue weighted by Crippen LogP contribution is -2.41. The van der Waals surface area contributed by atoms with E-state index in [0.717, 1.165) is 30.6 Å². The lowest BCUT2D eigenvalue weighted by molar-refractivity contribution is 0.0106. The van der Waals surface area contributed by atoms with E-state index in [9.17, 15) is 4.79 Å². The maximum absolute atomic E-state index is 12.8. The lowest BCUT2D eigenvalue weighted by Gasteiger charge is -2.32. The van der Waals surface area contributed by atoms with Gasteiger partial charge in [0.25, 0.3) is 5.91 Å². The van der Waals surface area contributed by atoms with Gasteiger partial charge in [-0.25, -0.2) is 0 Å². The molecule has 1 fully saturated rings. The van der Waals surface area contributed by atoms with Gasteiger partial charge in [0.05, 0.1) is 12.7 Å². The monoisotopic (exact) mass is 486 g/mol. The van der Waals surface area contributed by atoms with Crippen LogP contribution in [-0.2, 0) is 17.9 Å². The van der Waals surface area contributed by atoms with E-state index in [-0.39, 0.29) is 30.3 Å². The number of hydrogen-bond donors (Lipinski definition) is 2. The van der Waals surface area contributed by atoms with Crippen LogP contribution in [0.3, 0.4) is 0 Å². The molecule has 0 spiro atoms. The number of carbonyl (C=O) groups is 1. The van der Waals surface area contributed by atoms with Crippen molar-refractivity contribution < 1.29 is 9.53 Å². The van der Waals surface area contributed by atoms with Crippen LogP contribution in [0.4, 0.5) is 0 Å². The van der Waals surface area contributed by atoms with Gasteiger partial charge in [-0.15, -0.1) is 12.4 Å². The Morgan fingerprint density at radius 2 is 1.66 bits per heavy atom. The van der Waals surface area contributed by atoms with Gasteiger partial charge in [-0.1, -0.05) is 78.9 Å². The van der Waals surface area contributed by atoms with Gasteiger partial charge in [-0.3, -0.25) is 4.79 Å². The molecule has 0 aliphatic carbocycles. The van der Waals surface area contributed by atoms with Gasteiger partial charge < -0.3 is 15.4 Å². The fourth-order valence-corrected chi connectivity index (χ4v) is 4.71. The molecule has 4 aromatic rings. The van der Waals surface area contributed by atoms with Crippen LogP contribution >= 0.6 is 12.4 Å². The Morgan fingerprint density at radius 3 is 2.51 bits per heavy atom. The molecule has 0 saturated carbocycles. The van der Waals surface area contributed by atoms with Crippen LogP contribution < -0.4 is 10.6 Å². The molecule has 180 valence electrons. The third-order valence-corrected chi connectivity index (χ3v) is 6.58. The van der Waals surface area contributed by atoms with Crippen LogP contribution in [0.25, 0.3) is 10.8 Å². The molecule has 2 unspecified atom stereocenters. The van der Waals surface area contributed by atoms with Gasteiger partial charge in [0.15, 0.2) is 0 Å². The average molecular weight is 487 g/mol. The molecular weight excluding hydrogens is 456 g/mol. The number of carbonyl (C=O) groups excluding carboxylic acids is 1. The number of nitrogens with one attached hydrogen (secondary N) is 2. The zero-order valence-electron chi connectivity index (χ0n) is 19.7. The normalized spacial score (nSPS) is 17.5. The molecule has 1 amide bonds. The number of rotatable bonds is 7. The van der Waals surface area contributed by atoms with Crippen molar-refractivity contribution in [2.45, 2.75) is 31.6 Å². The van der Waals surface area contributed by atoms with Crippen molar-refractivity contribution in [1.82, 2.24) is 10.6 Å². The first-order chi connectivity index (χ1) is 16.8. The van der Waals surface area contributed by atoms with Gasteiger partial charge in [-0.2, -0.15) is 0 Å². The molecule has 1 heterocycles. The van der Waals surface area contributed by atoms with Gasteiger partial charge in [0, 0.05) is 24.6 Å². The van der Waals surface area contributed by atoms with E-state index in [1.807, 2.05) is 48.5 Å². The summed E-state index contributed by atoms with van der Waals surface area (Å²) in [7, 11) is 0.